The number of pyridine rings is 1. The van der Waals surface area contributed by atoms with Crippen LogP contribution in [0.15, 0.2) is 48.0 Å². The monoisotopic (exact) mass is 419 g/mol. The minimum Gasteiger partial charge on any atom is -0.374 e. The third-order valence-corrected chi connectivity index (χ3v) is 6.66. The second-order valence-corrected chi connectivity index (χ2v) is 8.83. The number of benzene rings is 1. The number of rotatable bonds is 4. The van der Waals surface area contributed by atoms with E-state index in [0.29, 0.717) is 0 Å². The number of amides is 1. The number of fused-ring (bicyclic) bond motifs is 1. The third kappa shape index (κ3) is 3.65. The summed E-state index contributed by atoms with van der Waals surface area (Å²) in [6.07, 6.45) is 5.88. The summed E-state index contributed by atoms with van der Waals surface area (Å²) >= 11 is 1.54. The second kappa shape index (κ2) is 8.07. The Kier molecular flexibility index (Phi) is 5.12. The Balaban J connectivity index is 1.38. The van der Waals surface area contributed by atoms with Crippen LogP contribution in [0.1, 0.15) is 46.9 Å². The maximum Gasteiger partial charge on any atom is 0.254 e. The molecular formula is C23H25N5OS. The Bertz CT molecular complexity index is 1050. The Hall–Kier alpha value is -2.93. The van der Waals surface area contributed by atoms with Gasteiger partial charge in [-0.1, -0.05) is 6.07 Å². The van der Waals surface area contributed by atoms with Crippen molar-refractivity contribution >= 4 is 33.9 Å². The normalized spacial score (nSPS) is 18.4. The predicted molar refractivity (Wildman–Crippen MR) is 121 cm³/mol. The summed E-state index contributed by atoms with van der Waals surface area (Å²) in [5.74, 6) is 0.868. The van der Waals surface area contributed by atoms with E-state index in [9.17, 15) is 4.79 Å². The average Bonchev–Trinajstić information content (AvgIpc) is 3.45. The molecule has 7 heteroatoms. The number of thiazole rings is 1. The van der Waals surface area contributed by atoms with Gasteiger partial charge in [0.15, 0.2) is 5.13 Å². The molecule has 0 saturated carbocycles. The lowest BCUT2D eigenvalue weighted by Crippen LogP contribution is -2.31. The zero-order valence-corrected chi connectivity index (χ0v) is 17.9. The lowest BCUT2D eigenvalue weighted by molar-refractivity contribution is 0.0733. The van der Waals surface area contributed by atoms with Crippen LogP contribution in [0, 0.1) is 0 Å². The van der Waals surface area contributed by atoms with Crippen LogP contribution < -0.4 is 10.2 Å². The molecule has 0 spiro atoms. The standard InChI is InChI=1S/C23H25N5OS/c1-27-12-3-5-16-15-17(9-10-19(16)27)22(29)28-13-4-7-20(28)18-6-2-8-21(25-18)26-23-24-11-14-30-23/h2,6,8-11,14-15,20H,3-5,7,12-13H2,1H3,(H,24,25,26). The SMILES string of the molecule is CN1CCCc2cc(C(=O)N3CCCC3c3cccc(Nc4nccs4)n3)ccc21. The van der Waals surface area contributed by atoms with Crippen LogP contribution in [0.2, 0.25) is 0 Å². The molecule has 1 N–H and O–H groups in total. The number of carbonyl (C=O) groups excluding carboxylic acids is 1. The van der Waals surface area contributed by atoms with Crippen LogP contribution in [-0.2, 0) is 6.42 Å². The lowest BCUT2D eigenvalue weighted by Gasteiger charge is -2.29. The van der Waals surface area contributed by atoms with Crippen LogP contribution in [-0.4, -0.2) is 40.9 Å². The molecule has 2 aliphatic heterocycles. The molecule has 0 radical (unpaired) electrons. The summed E-state index contributed by atoms with van der Waals surface area (Å²) in [4.78, 5) is 26.7. The van der Waals surface area contributed by atoms with E-state index in [1.807, 2.05) is 34.5 Å². The van der Waals surface area contributed by atoms with E-state index >= 15 is 0 Å². The summed E-state index contributed by atoms with van der Waals surface area (Å²) < 4.78 is 0. The molecule has 1 fully saturated rings. The van der Waals surface area contributed by atoms with E-state index in [1.54, 1.807) is 6.20 Å². The van der Waals surface area contributed by atoms with Crippen LogP contribution in [0.4, 0.5) is 16.6 Å². The van der Waals surface area contributed by atoms with Gasteiger partial charge in [0.1, 0.15) is 5.82 Å². The summed E-state index contributed by atoms with van der Waals surface area (Å²) in [6, 6.07) is 12.1. The van der Waals surface area contributed by atoms with Gasteiger partial charge in [0, 0.05) is 43.0 Å². The molecule has 0 aliphatic carbocycles. The fourth-order valence-electron chi connectivity index (χ4n) is 4.50. The molecule has 4 heterocycles. The molecule has 3 aromatic rings. The van der Waals surface area contributed by atoms with Crippen molar-refractivity contribution in [3.05, 3.63) is 64.8 Å². The molecule has 1 aromatic carbocycles. The van der Waals surface area contributed by atoms with Crippen LogP contribution in [0.5, 0.6) is 0 Å². The zero-order chi connectivity index (χ0) is 20.5. The third-order valence-electron chi connectivity index (χ3n) is 5.97. The van der Waals surface area contributed by atoms with Crippen molar-refractivity contribution in [2.75, 3.05) is 30.4 Å². The Labute approximate surface area is 180 Å². The van der Waals surface area contributed by atoms with Crippen LogP contribution >= 0.6 is 11.3 Å². The van der Waals surface area contributed by atoms with Crippen molar-refractivity contribution in [3.8, 4) is 0 Å². The maximum absolute atomic E-state index is 13.4. The molecule has 1 unspecified atom stereocenters. The summed E-state index contributed by atoms with van der Waals surface area (Å²) in [7, 11) is 2.12. The van der Waals surface area contributed by atoms with Gasteiger partial charge < -0.3 is 15.1 Å². The quantitative estimate of drug-likeness (QED) is 0.667. The molecular weight excluding hydrogens is 394 g/mol. The molecule has 1 atom stereocenters. The Morgan fingerprint density at radius 3 is 3.00 bits per heavy atom. The van der Waals surface area contributed by atoms with Crippen LogP contribution in [0.25, 0.3) is 0 Å². The number of carbonyl (C=O) groups is 1. The molecule has 1 amide bonds. The molecule has 6 nitrogen and oxygen atoms in total. The molecule has 154 valence electrons. The largest absolute Gasteiger partial charge is 0.374 e. The Morgan fingerprint density at radius 1 is 1.20 bits per heavy atom. The van der Waals surface area contributed by atoms with Gasteiger partial charge in [0.25, 0.3) is 5.91 Å². The van der Waals surface area contributed by atoms with Crippen molar-refractivity contribution in [3.63, 3.8) is 0 Å². The highest BCUT2D eigenvalue weighted by molar-refractivity contribution is 7.13. The van der Waals surface area contributed by atoms with Gasteiger partial charge in [-0.15, -0.1) is 11.3 Å². The first-order chi connectivity index (χ1) is 14.7. The van der Waals surface area contributed by atoms with Crippen LogP contribution in [0.3, 0.4) is 0 Å². The van der Waals surface area contributed by atoms with E-state index in [4.69, 9.17) is 4.98 Å². The van der Waals surface area contributed by atoms with E-state index in [-0.39, 0.29) is 11.9 Å². The van der Waals surface area contributed by atoms with Crippen molar-refractivity contribution in [1.29, 1.82) is 0 Å². The van der Waals surface area contributed by atoms with E-state index in [1.165, 1.54) is 22.6 Å². The van der Waals surface area contributed by atoms with E-state index < -0.39 is 0 Å². The zero-order valence-electron chi connectivity index (χ0n) is 17.0. The lowest BCUT2D eigenvalue weighted by atomic mass is 9.99. The van der Waals surface area contributed by atoms with Crippen molar-refractivity contribution in [1.82, 2.24) is 14.9 Å². The highest BCUT2D eigenvalue weighted by Crippen LogP contribution is 2.34. The van der Waals surface area contributed by atoms with E-state index in [2.05, 4.69) is 34.4 Å². The van der Waals surface area contributed by atoms with Crippen molar-refractivity contribution < 1.29 is 4.79 Å². The number of nitrogens with one attached hydrogen (secondary N) is 1. The summed E-state index contributed by atoms with van der Waals surface area (Å²) in [5, 5.41) is 6.00. The number of nitrogens with zero attached hydrogens (tertiary/aromatic N) is 4. The van der Waals surface area contributed by atoms with Gasteiger partial charge in [-0.3, -0.25) is 4.79 Å². The highest BCUT2D eigenvalue weighted by Gasteiger charge is 2.32. The number of likely N-dealkylation sites (tertiary alicyclic amines) is 1. The van der Waals surface area contributed by atoms with Gasteiger partial charge in [-0.25, -0.2) is 9.97 Å². The smallest absolute Gasteiger partial charge is 0.254 e. The number of hydrogen-bond donors (Lipinski definition) is 1. The van der Waals surface area contributed by atoms with E-state index in [0.717, 1.165) is 61.0 Å². The predicted octanol–water partition coefficient (Wildman–Crippen LogP) is 4.64. The topological polar surface area (TPSA) is 61.4 Å². The minimum absolute atomic E-state index is 0.00857. The molecule has 2 aliphatic rings. The van der Waals surface area contributed by atoms with Gasteiger partial charge in [0.2, 0.25) is 0 Å². The first-order valence-corrected chi connectivity index (χ1v) is 11.4. The second-order valence-electron chi connectivity index (χ2n) is 7.94. The fraction of sp³-hybridized carbons (Fsp3) is 0.348. The first-order valence-electron chi connectivity index (χ1n) is 10.5. The van der Waals surface area contributed by atoms with Gasteiger partial charge >= 0.3 is 0 Å². The molecule has 2 aromatic heterocycles. The average molecular weight is 420 g/mol. The van der Waals surface area contributed by atoms with Crippen molar-refractivity contribution in [2.24, 2.45) is 0 Å². The number of hydrogen-bond acceptors (Lipinski definition) is 6. The minimum atomic E-state index is 0.00857. The summed E-state index contributed by atoms with van der Waals surface area (Å²) in [5.41, 5.74) is 4.24. The van der Waals surface area contributed by atoms with Gasteiger partial charge in [0.05, 0.1) is 11.7 Å². The fourth-order valence-corrected chi connectivity index (χ4v) is 5.04. The Morgan fingerprint density at radius 2 is 2.13 bits per heavy atom. The molecule has 5 rings (SSSR count). The number of anilines is 3. The van der Waals surface area contributed by atoms with Gasteiger partial charge in [-0.05, 0) is 61.6 Å². The molecule has 0 bridgehead atoms. The summed E-state index contributed by atoms with van der Waals surface area (Å²) in [6.45, 7) is 1.85. The van der Waals surface area contributed by atoms with Crippen molar-refractivity contribution in [2.45, 2.75) is 31.7 Å². The molecule has 1 saturated heterocycles. The number of aryl methyl sites for hydroxylation is 1. The maximum atomic E-state index is 13.4. The highest BCUT2D eigenvalue weighted by atomic mass is 32.1. The van der Waals surface area contributed by atoms with Gasteiger partial charge in [-0.2, -0.15) is 0 Å². The first kappa shape index (κ1) is 19.1. The number of aromatic nitrogens is 2. The molecule has 30 heavy (non-hydrogen) atoms.